The van der Waals surface area contributed by atoms with Crippen LogP contribution in [0.25, 0.3) is 11.3 Å². The molecule has 1 aliphatic heterocycles. The Balaban J connectivity index is 1.56. The van der Waals surface area contributed by atoms with E-state index in [2.05, 4.69) is 31.3 Å². The monoisotopic (exact) mass is 484 g/mol. The van der Waals surface area contributed by atoms with Gasteiger partial charge in [0.05, 0.1) is 12.2 Å². The number of rotatable bonds is 5. The van der Waals surface area contributed by atoms with Crippen molar-refractivity contribution in [3.05, 3.63) is 70.9 Å². The second kappa shape index (κ2) is 9.57. The molecule has 1 aromatic heterocycles. The number of nitrogens with one attached hydrogen (secondary N) is 1. The van der Waals surface area contributed by atoms with Crippen LogP contribution >= 0.6 is 0 Å². The lowest BCUT2D eigenvalue weighted by Gasteiger charge is -2.44. The zero-order chi connectivity index (χ0) is 25.4. The molecule has 0 saturated heterocycles. The fourth-order valence-electron chi connectivity index (χ4n) is 5.49. The van der Waals surface area contributed by atoms with Crippen LogP contribution in [0.1, 0.15) is 73.1 Å². The number of anilines is 1. The lowest BCUT2D eigenvalue weighted by Crippen LogP contribution is -2.65. The zero-order valence-corrected chi connectivity index (χ0v) is 21.8. The maximum absolute atomic E-state index is 14.1. The first-order valence-corrected chi connectivity index (χ1v) is 13.2. The van der Waals surface area contributed by atoms with Crippen LogP contribution in [0.4, 0.5) is 5.69 Å². The number of aromatic nitrogens is 2. The lowest BCUT2D eigenvalue weighted by atomic mass is 9.90. The lowest BCUT2D eigenvalue weighted by molar-refractivity contribution is -0.127. The van der Waals surface area contributed by atoms with Gasteiger partial charge in [0.15, 0.2) is 0 Å². The van der Waals surface area contributed by atoms with E-state index in [0.29, 0.717) is 12.2 Å². The molecule has 1 aliphatic carbocycles. The Hall–Kier alpha value is -3.41. The second-order valence-electron chi connectivity index (χ2n) is 10.6. The average Bonchev–Trinajstić information content (AvgIpc) is 3.31. The van der Waals surface area contributed by atoms with Crippen LogP contribution in [0.5, 0.6) is 0 Å². The van der Waals surface area contributed by atoms with Crippen LogP contribution in [0.3, 0.4) is 0 Å². The normalized spacial score (nSPS) is 20.3. The molecule has 0 bridgehead atoms. The molecule has 1 atom stereocenters. The Morgan fingerprint density at radius 1 is 1.03 bits per heavy atom. The first-order valence-electron chi connectivity index (χ1n) is 13.2. The third kappa shape index (κ3) is 4.34. The molecule has 0 radical (unpaired) electrons. The van der Waals surface area contributed by atoms with Gasteiger partial charge in [0.25, 0.3) is 5.91 Å². The molecular weight excluding hydrogens is 448 g/mol. The number of fused-ring (bicyclic) bond motifs is 1. The van der Waals surface area contributed by atoms with Crippen LogP contribution in [-0.4, -0.2) is 33.2 Å². The van der Waals surface area contributed by atoms with Gasteiger partial charge in [-0.3, -0.25) is 19.2 Å². The van der Waals surface area contributed by atoms with Gasteiger partial charge < -0.3 is 5.32 Å². The summed E-state index contributed by atoms with van der Waals surface area (Å²) in [6.45, 7) is 8.39. The van der Waals surface area contributed by atoms with E-state index in [1.807, 2.05) is 50.2 Å². The van der Waals surface area contributed by atoms with Crippen molar-refractivity contribution in [2.24, 2.45) is 0 Å². The van der Waals surface area contributed by atoms with E-state index in [9.17, 15) is 9.59 Å². The molecule has 6 nitrogen and oxygen atoms in total. The Morgan fingerprint density at radius 3 is 2.42 bits per heavy atom. The highest BCUT2D eigenvalue weighted by Crippen LogP contribution is 2.35. The third-order valence-electron chi connectivity index (χ3n) is 7.99. The molecule has 36 heavy (non-hydrogen) atoms. The number of hydrogen-bond donors (Lipinski definition) is 1. The standard InChI is InChI=1S/C30H36N4O2/c1-5-22-12-14-23(15-13-22)26-18-27-28(35)34(25-16-11-20(2)21(3)17-25)30(4,19-33(27)32-26)29(36)31-24-9-7-6-8-10-24/h11-18,24H,5-10,19H2,1-4H3,(H,31,36)/t30-/m0/s1. The third-order valence-corrected chi connectivity index (χ3v) is 7.99. The SMILES string of the molecule is CCc1ccc(-c2cc3n(n2)C[C@@](C)(C(=O)NC2CCCCC2)N(c2ccc(C)c(C)c2)C3=O)cc1. The zero-order valence-electron chi connectivity index (χ0n) is 21.8. The molecule has 1 N–H and O–H groups in total. The summed E-state index contributed by atoms with van der Waals surface area (Å²) in [6.07, 6.45) is 6.43. The topological polar surface area (TPSA) is 67.2 Å². The number of aryl methyl sites for hydroxylation is 3. The Morgan fingerprint density at radius 2 is 1.75 bits per heavy atom. The molecule has 2 amide bonds. The van der Waals surface area contributed by atoms with Gasteiger partial charge in [0.2, 0.25) is 5.91 Å². The van der Waals surface area contributed by atoms with Gasteiger partial charge in [-0.2, -0.15) is 5.10 Å². The van der Waals surface area contributed by atoms with Gasteiger partial charge in [0, 0.05) is 17.3 Å². The Labute approximate surface area is 213 Å². The first-order chi connectivity index (χ1) is 17.3. The van der Waals surface area contributed by atoms with Crippen molar-refractivity contribution in [3.8, 4) is 11.3 Å². The van der Waals surface area contributed by atoms with Crippen LogP contribution in [0.2, 0.25) is 0 Å². The number of amides is 2. The smallest absolute Gasteiger partial charge is 0.277 e. The summed E-state index contributed by atoms with van der Waals surface area (Å²) in [6, 6.07) is 16.3. The maximum atomic E-state index is 14.1. The van der Waals surface area contributed by atoms with Crippen molar-refractivity contribution >= 4 is 17.5 Å². The summed E-state index contributed by atoms with van der Waals surface area (Å²) >= 11 is 0. The molecular formula is C30H36N4O2. The van der Waals surface area contributed by atoms with E-state index < -0.39 is 5.54 Å². The fourth-order valence-corrected chi connectivity index (χ4v) is 5.49. The van der Waals surface area contributed by atoms with E-state index in [-0.39, 0.29) is 17.9 Å². The highest BCUT2D eigenvalue weighted by molar-refractivity contribution is 6.12. The summed E-state index contributed by atoms with van der Waals surface area (Å²) in [5.41, 5.74) is 5.36. The van der Waals surface area contributed by atoms with Gasteiger partial charge in [-0.05, 0) is 74.9 Å². The molecule has 1 fully saturated rings. The molecule has 2 aromatic carbocycles. The molecule has 188 valence electrons. The number of benzene rings is 2. The number of carbonyl (C=O) groups is 2. The van der Waals surface area contributed by atoms with E-state index in [1.165, 1.54) is 12.0 Å². The molecule has 0 spiro atoms. The van der Waals surface area contributed by atoms with E-state index >= 15 is 0 Å². The van der Waals surface area contributed by atoms with Crippen LogP contribution in [0.15, 0.2) is 48.5 Å². The maximum Gasteiger partial charge on any atom is 0.277 e. The minimum absolute atomic E-state index is 0.115. The van der Waals surface area contributed by atoms with E-state index in [0.717, 1.165) is 60.2 Å². The first kappa shape index (κ1) is 24.3. The molecule has 2 heterocycles. The summed E-state index contributed by atoms with van der Waals surface area (Å²) in [7, 11) is 0. The molecule has 6 heteroatoms. The molecule has 3 aromatic rings. The van der Waals surface area contributed by atoms with Crippen LogP contribution in [0, 0.1) is 13.8 Å². The Bertz CT molecular complexity index is 1290. The second-order valence-corrected chi connectivity index (χ2v) is 10.6. The van der Waals surface area contributed by atoms with E-state index in [1.54, 1.807) is 9.58 Å². The van der Waals surface area contributed by atoms with Gasteiger partial charge in [-0.25, -0.2) is 0 Å². The minimum Gasteiger partial charge on any atom is -0.351 e. The summed E-state index contributed by atoms with van der Waals surface area (Å²) in [5.74, 6) is -0.314. The number of carbonyl (C=O) groups excluding carboxylic acids is 2. The van der Waals surface area contributed by atoms with Gasteiger partial charge in [-0.15, -0.1) is 0 Å². The molecule has 1 saturated carbocycles. The average molecular weight is 485 g/mol. The highest BCUT2D eigenvalue weighted by atomic mass is 16.2. The summed E-state index contributed by atoms with van der Waals surface area (Å²) in [5, 5.41) is 8.08. The molecule has 2 aliphatic rings. The van der Waals surface area contributed by atoms with Crippen molar-refractivity contribution in [3.63, 3.8) is 0 Å². The summed E-state index contributed by atoms with van der Waals surface area (Å²) in [4.78, 5) is 29.6. The van der Waals surface area contributed by atoms with Crippen molar-refractivity contribution in [1.82, 2.24) is 15.1 Å². The fraction of sp³-hybridized carbons (Fsp3) is 0.433. The quantitative estimate of drug-likeness (QED) is 0.513. The predicted octanol–water partition coefficient (Wildman–Crippen LogP) is 5.60. The summed E-state index contributed by atoms with van der Waals surface area (Å²) < 4.78 is 1.73. The van der Waals surface area contributed by atoms with Crippen molar-refractivity contribution < 1.29 is 9.59 Å². The largest absolute Gasteiger partial charge is 0.351 e. The van der Waals surface area contributed by atoms with Crippen LogP contribution in [-0.2, 0) is 17.8 Å². The molecule has 0 unspecified atom stereocenters. The van der Waals surface area contributed by atoms with E-state index in [4.69, 9.17) is 5.10 Å². The number of nitrogens with zero attached hydrogens (tertiary/aromatic N) is 3. The highest BCUT2D eigenvalue weighted by Gasteiger charge is 2.49. The number of hydrogen-bond acceptors (Lipinski definition) is 3. The van der Waals surface area contributed by atoms with Crippen molar-refractivity contribution in [2.45, 2.75) is 84.3 Å². The minimum atomic E-state index is -1.10. The molecule has 5 rings (SSSR count). The van der Waals surface area contributed by atoms with Gasteiger partial charge >= 0.3 is 0 Å². The van der Waals surface area contributed by atoms with Crippen molar-refractivity contribution in [2.75, 3.05) is 4.90 Å². The predicted molar refractivity (Wildman–Crippen MR) is 143 cm³/mol. The van der Waals surface area contributed by atoms with Gasteiger partial charge in [-0.1, -0.05) is 56.5 Å². The van der Waals surface area contributed by atoms with Crippen LogP contribution < -0.4 is 10.2 Å². The van der Waals surface area contributed by atoms with Gasteiger partial charge in [0.1, 0.15) is 11.2 Å². The Kier molecular flexibility index (Phi) is 6.45. The van der Waals surface area contributed by atoms with Crippen molar-refractivity contribution in [1.29, 1.82) is 0 Å².